The largest absolute Gasteiger partial charge is 0.378 e. The van der Waals surface area contributed by atoms with Crippen molar-refractivity contribution in [2.45, 2.75) is 6.54 Å². The summed E-state index contributed by atoms with van der Waals surface area (Å²) in [5.74, 6) is 1.59. The Kier molecular flexibility index (Phi) is 4.71. The van der Waals surface area contributed by atoms with Gasteiger partial charge in [0.05, 0.1) is 5.52 Å². The molecule has 0 amide bonds. The Bertz CT molecular complexity index is 1040. The average Bonchev–Trinajstić information content (AvgIpc) is 2.72. The van der Waals surface area contributed by atoms with Gasteiger partial charge in [0.2, 0.25) is 0 Å². The predicted molar refractivity (Wildman–Crippen MR) is 113 cm³/mol. The molecule has 0 bridgehead atoms. The Morgan fingerprint density at radius 1 is 0.778 bits per heavy atom. The number of para-hydroxylation sites is 1. The normalized spacial score (nSPS) is 10.7. The van der Waals surface area contributed by atoms with Crippen LogP contribution in [-0.4, -0.2) is 24.1 Å². The molecule has 4 aromatic rings. The van der Waals surface area contributed by atoms with E-state index in [0.29, 0.717) is 6.54 Å². The minimum atomic E-state index is 0.711. The van der Waals surface area contributed by atoms with Gasteiger partial charge >= 0.3 is 0 Å². The molecule has 3 aromatic carbocycles. The van der Waals surface area contributed by atoms with E-state index in [2.05, 4.69) is 40.5 Å². The first-order valence-electron chi connectivity index (χ1n) is 9.03. The van der Waals surface area contributed by atoms with E-state index in [-0.39, 0.29) is 0 Å². The molecule has 134 valence electrons. The Balaban J connectivity index is 1.66. The van der Waals surface area contributed by atoms with Gasteiger partial charge in [0, 0.05) is 37.3 Å². The van der Waals surface area contributed by atoms with Gasteiger partial charge in [-0.15, -0.1) is 0 Å². The fourth-order valence-corrected chi connectivity index (χ4v) is 3.03. The summed E-state index contributed by atoms with van der Waals surface area (Å²) in [4.78, 5) is 11.6. The second-order valence-corrected chi connectivity index (χ2v) is 6.69. The molecule has 4 nitrogen and oxygen atoms in total. The van der Waals surface area contributed by atoms with E-state index in [1.54, 1.807) is 0 Å². The smallest absolute Gasteiger partial charge is 0.162 e. The van der Waals surface area contributed by atoms with Crippen molar-refractivity contribution >= 4 is 22.4 Å². The molecule has 0 aliphatic carbocycles. The lowest BCUT2D eigenvalue weighted by Gasteiger charge is -2.14. The zero-order valence-corrected chi connectivity index (χ0v) is 15.6. The van der Waals surface area contributed by atoms with E-state index in [1.165, 1.54) is 11.3 Å². The van der Waals surface area contributed by atoms with E-state index in [4.69, 9.17) is 9.97 Å². The van der Waals surface area contributed by atoms with Crippen LogP contribution >= 0.6 is 0 Å². The third-order valence-electron chi connectivity index (χ3n) is 4.55. The van der Waals surface area contributed by atoms with Gasteiger partial charge in [-0.1, -0.05) is 54.6 Å². The van der Waals surface area contributed by atoms with Crippen LogP contribution in [-0.2, 0) is 6.54 Å². The average molecular weight is 354 g/mol. The Hall–Kier alpha value is -3.40. The fraction of sp³-hybridized carbons (Fsp3) is 0.130. The quantitative estimate of drug-likeness (QED) is 0.549. The fourth-order valence-electron chi connectivity index (χ4n) is 3.03. The van der Waals surface area contributed by atoms with Crippen molar-refractivity contribution < 1.29 is 0 Å². The van der Waals surface area contributed by atoms with Gasteiger partial charge in [-0.2, -0.15) is 0 Å². The number of nitrogens with zero attached hydrogens (tertiary/aromatic N) is 3. The molecule has 0 saturated carbocycles. The highest BCUT2D eigenvalue weighted by molar-refractivity contribution is 5.90. The molecular weight excluding hydrogens is 332 g/mol. The molecule has 0 fully saturated rings. The maximum atomic E-state index is 4.80. The molecule has 4 heteroatoms. The van der Waals surface area contributed by atoms with E-state index in [0.717, 1.165) is 28.1 Å². The summed E-state index contributed by atoms with van der Waals surface area (Å²) in [5.41, 5.74) is 4.36. The molecule has 0 atom stereocenters. The highest BCUT2D eigenvalue weighted by Crippen LogP contribution is 2.25. The minimum Gasteiger partial charge on any atom is -0.378 e. The lowest BCUT2D eigenvalue weighted by atomic mass is 10.1. The van der Waals surface area contributed by atoms with Crippen molar-refractivity contribution in [2.24, 2.45) is 0 Å². The predicted octanol–water partition coefficient (Wildman–Crippen LogP) is 4.97. The van der Waals surface area contributed by atoms with Crippen LogP contribution < -0.4 is 10.2 Å². The first-order valence-corrected chi connectivity index (χ1v) is 9.03. The summed E-state index contributed by atoms with van der Waals surface area (Å²) in [6, 6.07) is 26.7. The first kappa shape index (κ1) is 17.0. The molecule has 27 heavy (non-hydrogen) atoms. The van der Waals surface area contributed by atoms with Gasteiger partial charge in [-0.25, -0.2) is 9.97 Å². The second-order valence-electron chi connectivity index (χ2n) is 6.69. The molecule has 1 N–H and O–H groups in total. The van der Waals surface area contributed by atoms with E-state index in [1.807, 2.05) is 62.6 Å². The first-order chi connectivity index (χ1) is 13.2. The van der Waals surface area contributed by atoms with Crippen LogP contribution in [0.15, 0.2) is 78.9 Å². The number of rotatable bonds is 5. The minimum absolute atomic E-state index is 0.711. The number of fused-ring (bicyclic) bond motifs is 1. The van der Waals surface area contributed by atoms with Gasteiger partial charge in [-0.05, 0) is 29.8 Å². The third kappa shape index (κ3) is 3.75. The Morgan fingerprint density at radius 3 is 2.22 bits per heavy atom. The summed E-state index contributed by atoms with van der Waals surface area (Å²) in [6.07, 6.45) is 0. The second kappa shape index (κ2) is 7.46. The SMILES string of the molecule is CN(C)c1ccc(CNc2nc(-c3ccccc3)nc3ccccc23)cc1. The van der Waals surface area contributed by atoms with Gasteiger partial charge in [-0.3, -0.25) is 0 Å². The number of anilines is 2. The van der Waals surface area contributed by atoms with Crippen LogP contribution in [0, 0.1) is 0 Å². The van der Waals surface area contributed by atoms with Crippen LogP contribution in [0.1, 0.15) is 5.56 Å². The summed E-state index contributed by atoms with van der Waals surface area (Å²) in [5, 5.41) is 4.53. The molecule has 0 saturated heterocycles. The van der Waals surface area contributed by atoms with Crippen molar-refractivity contribution in [3.05, 3.63) is 84.4 Å². The monoisotopic (exact) mass is 354 g/mol. The highest BCUT2D eigenvalue weighted by Gasteiger charge is 2.09. The summed E-state index contributed by atoms with van der Waals surface area (Å²) in [6.45, 7) is 0.711. The highest BCUT2D eigenvalue weighted by atomic mass is 15.1. The van der Waals surface area contributed by atoms with Gasteiger partial charge in [0.1, 0.15) is 5.82 Å². The number of nitrogens with one attached hydrogen (secondary N) is 1. The molecule has 0 unspecified atom stereocenters. The van der Waals surface area contributed by atoms with Gasteiger partial charge < -0.3 is 10.2 Å². The van der Waals surface area contributed by atoms with Gasteiger partial charge in [0.25, 0.3) is 0 Å². The number of hydrogen-bond donors (Lipinski definition) is 1. The van der Waals surface area contributed by atoms with Crippen LogP contribution in [0.4, 0.5) is 11.5 Å². The maximum Gasteiger partial charge on any atom is 0.162 e. The van der Waals surface area contributed by atoms with E-state index >= 15 is 0 Å². The topological polar surface area (TPSA) is 41.0 Å². The van der Waals surface area contributed by atoms with Crippen LogP contribution in [0.25, 0.3) is 22.3 Å². The number of benzene rings is 3. The molecule has 0 spiro atoms. The lowest BCUT2D eigenvalue weighted by molar-refractivity contribution is 1.09. The Morgan fingerprint density at radius 2 is 1.48 bits per heavy atom. The zero-order chi connectivity index (χ0) is 18.6. The molecular formula is C23H22N4. The van der Waals surface area contributed by atoms with Crippen LogP contribution in [0.5, 0.6) is 0 Å². The van der Waals surface area contributed by atoms with Crippen molar-refractivity contribution in [2.75, 3.05) is 24.3 Å². The maximum absolute atomic E-state index is 4.80. The van der Waals surface area contributed by atoms with E-state index in [9.17, 15) is 0 Å². The molecule has 0 radical (unpaired) electrons. The van der Waals surface area contributed by atoms with Crippen LogP contribution in [0.3, 0.4) is 0 Å². The molecule has 4 rings (SSSR count). The summed E-state index contributed by atoms with van der Waals surface area (Å²) >= 11 is 0. The van der Waals surface area contributed by atoms with Crippen molar-refractivity contribution in [1.29, 1.82) is 0 Å². The van der Waals surface area contributed by atoms with Gasteiger partial charge in [0.15, 0.2) is 5.82 Å². The molecule has 0 aliphatic heterocycles. The standard InChI is InChI=1S/C23H22N4/c1-27(2)19-14-12-17(13-15-19)16-24-23-20-10-6-7-11-21(20)25-22(26-23)18-8-4-3-5-9-18/h3-15H,16H2,1-2H3,(H,24,25,26). The van der Waals surface area contributed by atoms with Crippen molar-refractivity contribution in [3.8, 4) is 11.4 Å². The zero-order valence-electron chi connectivity index (χ0n) is 15.6. The van der Waals surface area contributed by atoms with E-state index < -0.39 is 0 Å². The number of aromatic nitrogens is 2. The van der Waals surface area contributed by atoms with Crippen molar-refractivity contribution in [1.82, 2.24) is 9.97 Å². The third-order valence-corrected chi connectivity index (χ3v) is 4.55. The number of hydrogen-bond acceptors (Lipinski definition) is 4. The molecule has 0 aliphatic rings. The molecule has 1 heterocycles. The lowest BCUT2D eigenvalue weighted by Crippen LogP contribution is -2.09. The summed E-state index contributed by atoms with van der Waals surface area (Å²) < 4.78 is 0. The summed E-state index contributed by atoms with van der Waals surface area (Å²) in [7, 11) is 4.09. The van der Waals surface area contributed by atoms with Crippen LogP contribution in [0.2, 0.25) is 0 Å². The van der Waals surface area contributed by atoms with Crippen molar-refractivity contribution in [3.63, 3.8) is 0 Å². The molecule has 1 aromatic heterocycles. The Labute approximate surface area is 159 Å².